The molecule has 1 unspecified atom stereocenters. The zero-order valence-corrected chi connectivity index (χ0v) is 17.7. The zero-order chi connectivity index (χ0) is 18.8. The molecule has 0 spiro atoms. The standard InChI is InChI=1S/C22H45NO2.Na.H/c1-5-6-7-8-9-10-11-12-13-14-15-16-17-18-19-20-22(24)25-21(2)23(3)4;;/h21H,5-20H2,1-4H3;;. The SMILES string of the molecule is CCCCCCCCCCCCCCCCCC(=O)OC(C)N(C)C.[NaH]. The van der Waals surface area contributed by atoms with Gasteiger partial charge in [-0.15, -0.1) is 0 Å². The van der Waals surface area contributed by atoms with Gasteiger partial charge in [0, 0.05) is 6.42 Å². The molecule has 0 bridgehead atoms. The van der Waals surface area contributed by atoms with Crippen molar-refractivity contribution in [1.82, 2.24) is 4.90 Å². The minimum atomic E-state index is -0.121. The van der Waals surface area contributed by atoms with Crippen LogP contribution in [0.4, 0.5) is 0 Å². The van der Waals surface area contributed by atoms with E-state index in [2.05, 4.69) is 6.92 Å². The van der Waals surface area contributed by atoms with Crippen molar-refractivity contribution in [2.24, 2.45) is 0 Å². The number of carbonyl (C=O) groups is 1. The Bertz CT molecular complexity index is 298. The summed E-state index contributed by atoms with van der Waals surface area (Å²) in [7, 11) is 3.84. The van der Waals surface area contributed by atoms with Crippen molar-refractivity contribution < 1.29 is 9.53 Å². The molecule has 0 saturated heterocycles. The summed E-state index contributed by atoms with van der Waals surface area (Å²) in [6.45, 7) is 4.19. The summed E-state index contributed by atoms with van der Waals surface area (Å²) >= 11 is 0. The van der Waals surface area contributed by atoms with Crippen LogP contribution in [0.2, 0.25) is 0 Å². The first kappa shape index (κ1) is 28.6. The zero-order valence-electron chi connectivity index (χ0n) is 17.7. The van der Waals surface area contributed by atoms with Gasteiger partial charge in [-0.25, -0.2) is 0 Å². The summed E-state index contributed by atoms with van der Waals surface area (Å²) in [6, 6.07) is 0. The Morgan fingerprint density at radius 3 is 1.42 bits per heavy atom. The van der Waals surface area contributed by atoms with Crippen LogP contribution in [0.5, 0.6) is 0 Å². The number of unbranched alkanes of at least 4 members (excludes halogenated alkanes) is 14. The number of hydrogen-bond donors (Lipinski definition) is 0. The Labute approximate surface area is 186 Å². The summed E-state index contributed by atoms with van der Waals surface area (Å²) < 4.78 is 5.32. The summed E-state index contributed by atoms with van der Waals surface area (Å²) in [5.74, 6) is -0.0594. The number of rotatable bonds is 18. The molecule has 26 heavy (non-hydrogen) atoms. The molecule has 0 radical (unpaired) electrons. The molecule has 1 atom stereocenters. The summed E-state index contributed by atoms with van der Waals surface area (Å²) in [5.41, 5.74) is 0. The van der Waals surface area contributed by atoms with Crippen LogP contribution in [0.3, 0.4) is 0 Å². The molecule has 152 valence electrons. The molecular formula is C22H46NNaO2. The molecule has 4 heteroatoms. The molecule has 0 aromatic heterocycles. The number of esters is 1. The van der Waals surface area contributed by atoms with Gasteiger partial charge in [-0.05, 0) is 27.4 Å². The van der Waals surface area contributed by atoms with Crippen molar-refractivity contribution >= 4 is 35.5 Å². The first-order chi connectivity index (χ1) is 12.1. The maximum atomic E-state index is 11.6. The Balaban J connectivity index is 0. The maximum absolute atomic E-state index is 11.6. The van der Waals surface area contributed by atoms with Gasteiger partial charge in [0.25, 0.3) is 0 Å². The van der Waals surface area contributed by atoms with Crippen LogP contribution in [0.25, 0.3) is 0 Å². The molecule has 0 N–H and O–H groups in total. The van der Waals surface area contributed by atoms with E-state index in [-0.39, 0.29) is 41.8 Å². The van der Waals surface area contributed by atoms with Crippen LogP contribution >= 0.6 is 0 Å². The van der Waals surface area contributed by atoms with E-state index in [0.717, 1.165) is 12.8 Å². The Morgan fingerprint density at radius 2 is 1.08 bits per heavy atom. The first-order valence-electron chi connectivity index (χ1n) is 10.9. The van der Waals surface area contributed by atoms with Crippen LogP contribution in [0.15, 0.2) is 0 Å². The van der Waals surface area contributed by atoms with Gasteiger partial charge in [0.05, 0.1) is 0 Å². The fraction of sp³-hybridized carbons (Fsp3) is 0.955. The summed E-state index contributed by atoms with van der Waals surface area (Å²) in [5, 5.41) is 0. The molecule has 0 saturated carbocycles. The van der Waals surface area contributed by atoms with Gasteiger partial charge in [-0.2, -0.15) is 0 Å². The van der Waals surface area contributed by atoms with E-state index in [1.807, 2.05) is 25.9 Å². The van der Waals surface area contributed by atoms with E-state index in [4.69, 9.17) is 4.74 Å². The number of ether oxygens (including phenoxy) is 1. The number of carbonyl (C=O) groups excluding carboxylic acids is 1. The quantitative estimate of drug-likeness (QED) is 0.126. The van der Waals surface area contributed by atoms with Gasteiger partial charge < -0.3 is 4.74 Å². The molecule has 0 fully saturated rings. The Kier molecular flexibility index (Phi) is 23.9. The van der Waals surface area contributed by atoms with Gasteiger partial charge in [-0.1, -0.05) is 96.8 Å². The van der Waals surface area contributed by atoms with Crippen molar-refractivity contribution in [2.45, 2.75) is 123 Å². The van der Waals surface area contributed by atoms with Crippen LogP contribution in [-0.4, -0.2) is 60.7 Å². The van der Waals surface area contributed by atoms with Gasteiger partial charge >= 0.3 is 35.5 Å². The molecule has 0 amide bonds. The molecule has 3 nitrogen and oxygen atoms in total. The summed E-state index contributed by atoms with van der Waals surface area (Å²) in [4.78, 5) is 13.6. The van der Waals surface area contributed by atoms with Crippen LogP contribution < -0.4 is 0 Å². The van der Waals surface area contributed by atoms with Crippen LogP contribution in [0, 0.1) is 0 Å². The second-order valence-electron chi connectivity index (χ2n) is 7.75. The van der Waals surface area contributed by atoms with Crippen molar-refractivity contribution in [3.63, 3.8) is 0 Å². The fourth-order valence-corrected chi connectivity index (χ4v) is 3.00. The normalized spacial score (nSPS) is 12.0. The van der Waals surface area contributed by atoms with Crippen LogP contribution in [-0.2, 0) is 9.53 Å². The van der Waals surface area contributed by atoms with Crippen molar-refractivity contribution in [1.29, 1.82) is 0 Å². The minimum absolute atomic E-state index is 0. The third kappa shape index (κ3) is 20.7. The monoisotopic (exact) mass is 379 g/mol. The van der Waals surface area contributed by atoms with E-state index in [1.165, 1.54) is 83.5 Å². The second kappa shape index (κ2) is 21.7. The molecule has 0 aromatic rings. The average Bonchev–Trinajstić information content (AvgIpc) is 2.58. The van der Waals surface area contributed by atoms with Gasteiger partial charge in [0.15, 0.2) is 6.23 Å². The van der Waals surface area contributed by atoms with Crippen molar-refractivity contribution in [3.8, 4) is 0 Å². The average molecular weight is 380 g/mol. The van der Waals surface area contributed by atoms with Crippen molar-refractivity contribution in [2.75, 3.05) is 14.1 Å². The summed E-state index contributed by atoms with van der Waals surface area (Å²) in [6.07, 6.45) is 20.7. The number of hydrogen-bond acceptors (Lipinski definition) is 3. The molecule has 0 aliphatic heterocycles. The predicted molar refractivity (Wildman–Crippen MR) is 116 cm³/mol. The predicted octanol–water partition coefficient (Wildman–Crippen LogP) is 6.05. The van der Waals surface area contributed by atoms with E-state index in [9.17, 15) is 4.79 Å². The van der Waals surface area contributed by atoms with E-state index in [1.54, 1.807) is 0 Å². The fourth-order valence-electron chi connectivity index (χ4n) is 3.00. The van der Waals surface area contributed by atoms with E-state index >= 15 is 0 Å². The molecule has 0 aliphatic rings. The van der Waals surface area contributed by atoms with E-state index < -0.39 is 0 Å². The second-order valence-corrected chi connectivity index (χ2v) is 7.75. The number of nitrogens with zero attached hydrogens (tertiary/aromatic N) is 1. The molecule has 0 aromatic carbocycles. The molecular weight excluding hydrogens is 333 g/mol. The van der Waals surface area contributed by atoms with E-state index in [0.29, 0.717) is 6.42 Å². The third-order valence-corrected chi connectivity index (χ3v) is 5.01. The van der Waals surface area contributed by atoms with Gasteiger partial charge in [-0.3, -0.25) is 9.69 Å². The molecule has 0 heterocycles. The Hall–Kier alpha value is 0.430. The molecule has 0 aliphatic carbocycles. The van der Waals surface area contributed by atoms with Gasteiger partial charge in [0.2, 0.25) is 0 Å². The van der Waals surface area contributed by atoms with Crippen molar-refractivity contribution in [3.05, 3.63) is 0 Å². The first-order valence-corrected chi connectivity index (χ1v) is 10.9. The third-order valence-electron chi connectivity index (χ3n) is 5.01. The molecule has 0 rings (SSSR count). The Morgan fingerprint density at radius 1 is 0.731 bits per heavy atom. The van der Waals surface area contributed by atoms with Crippen LogP contribution in [0.1, 0.15) is 117 Å². The van der Waals surface area contributed by atoms with Gasteiger partial charge in [0.1, 0.15) is 0 Å². The topological polar surface area (TPSA) is 29.5 Å².